The summed E-state index contributed by atoms with van der Waals surface area (Å²) in [6, 6.07) is 19.2. The van der Waals surface area contributed by atoms with Crippen molar-refractivity contribution in [1.29, 1.82) is 0 Å². The van der Waals surface area contributed by atoms with Crippen molar-refractivity contribution >= 4 is 17.9 Å². The first-order valence-corrected chi connectivity index (χ1v) is 10.5. The molecule has 0 fully saturated rings. The van der Waals surface area contributed by atoms with Gasteiger partial charge in [0.15, 0.2) is 0 Å². The highest BCUT2D eigenvalue weighted by atomic mass is 31.2. The molecule has 0 heterocycles. The van der Waals surface area contributed by atoms with E-state index in [4.69, 9.17) is 5.11 Å². The van der Waals surface area contributed by atoms with E-state index < -0.39 is 7.29 Å². The monoisotopic (exact) mass is 357 g/mol. The molecule has 0 aliphatic carbocycles. The lowest BCUT2D eigenvalue weighted by atomic mass is 10.0. The predicted molar refractivity (Wildman–Crippen MR) is 107 cm³/mol. The first-order valence-electron chi connectivity index (χ1n) is 8.83. The molecule has 2 aromatic carbocycles. The van der Waals surface area contributed by atoms with E-state index in [0.29, 0.717) is 12.3 Å². The summed E-state index contributed by atoms with van der Waals surface area (Å²) in [7, 11) is -2.95. The fraction of sp³-hybridized carbons (Fsp3) is 0.333. The zero-order chi connectivity index (χ0) is 18.1. The highest BCUT2D eigenvalue weighted by Gasteiger charge is 2.29. The van der Waals surface area contributed by atoms with Crippen LogP contribution in [0.1, 0.15) is 26.7 Å². The van der Waals surface area contributed by atoms with Crippen molar-refractivity contribution in [1.82, 2.24) is 5.09 Å². The maximum absolute atomic E-state index is 14.0. The average molecular weight is 357 g/mol. The lowest BCUT2D eigenvalue weighted by Gasteiger charge is -2.26. The molecule has 4 heteroatoms. The van der Waals surface area contributed by atoms with Crippen LogP contribution in [-0.4, -0.2) is 17.8 Å². The standard InChI is InChI=1S/C21H28NO2P/c1-18(2)17-19(11-9-10-16-23)22-25(24,20-12-5-3-6-13-20)21-14-7-4-8-15-21/h3-9,11-15,18-19,23H,10,16-17H2,1-2H3,(H,22,24)/t19-/m1/s1. The predicted octanol–water partition coefficient (Wildman–Crippen LogP) is 3.86. The van der Waals surface area contributed by atoms with Crippen LogP contribution in [0.5, 0.6) is 0 Å². The second-order valence-corrected chi connectivity index (χ2v) is 9.10. The minimum Gasteiger partial charge on any atom is -0.396 e. The van der Waals surface area contributed by atoms with Gasteiger partial charge in [0, 0.05) is 23.3 Å². The second-order valence-electron chi connectivity index (χ2n) is 6.59. The van der Waals surface area contributed by atoms with Gasteiger partial charge in [0.25, 0.3) is 0 Å². The van der Waals surface area contributed by atoms with Crippen LogP contribution in [0.3, 0.4) is 0 Å². The molecule has 0 aliphatic rings. The normalized spacial score (nSPS) is 13.4. The van der Waals surface area contributed by atoms with Gasteiger partial charge in [0.05, 0.1) is 0 Å². The Morgan fingerprint density at radius 1 is 1.00 bits per heavy atom. The smallest absolute Gasteiger partial charge is 0.205 e. The summed E-state index contributed by atoms with van der Waals surface area (Å²) < 4.78 is 14.0. The molecule has 25 heavy (non-hydrogen) atoms. The third kappa shape index (κ3) is 5.67. The topological polar surface area (TPSA) is 49.3 Å². The Bertz CT molecular complexity index is 655. The second kappa shape index (κ2) is 9.72. The molecule has 0 aromatic heterocycles. The quantitative estimate of drug-likeness (QED) is 0.529. The zero-order valence-corrected chi connectivity index (χ0v) is 15.9. The largest absolute Gasteiger partial charge is 0.396 e. The van der Waals surface area contributed by atoms with E-state index in [9.17, 15) is 4.57 Å². The van der Waals surface area contributed by atoms with Gasteiger partial charge in [0.2, 0.25) is 7.29 Å². The van der Waals surface area contributed by atoms with Crippen molar-refractivity contribution in [3.63, 3.8) is 0 Å². The van der Waals surface area contributed by atoms with E-state index in [0.717, 1.165) is 17.0 Å². The number of rotatable bonds is 9. The summed E-state index contributed by atoms with van der Waals surface area (Å²) in [5.41, 5.74) is 0. The highest BCUT2D eigenvalue weighted by molar-refractivity contribution is 7.76. The van der Waals surface area contributed by atoms with Crippen molar-refractivity contribution in [3.05, 3.63) is 72.8 Å². The molecule has 2 aromatic rings. The summed E-state index contributed by atoms with van der Waals surface area (Å²) in [5, 5.41) is 14.1. The number of hydrogen-bond donors (Lipinski definition) is 2. The average Bonchev–Trinajstić information content (AvgIpc) is 2.63. The molecule has 3 nitrogen and oxygen atoms in total. The molecule has 0 saturated carbocycles. The first kappa shape index (κ1) is 19.7. The minimum atomic E-state index is -2.95. The molecule has 2 rings (SSSR count). The Labute approximate surface area is 151 Å². The Kier molecular flexibility index (Phi) is 7.64. The maximum Gasteiger partial charge on any atom is 0.205 e. The van der Waals surface area contributed by atoms with E-state index in [2.05, 4.69) is 18.9 Å². The van der Waals surface area contributed by atoms with Gasteiger partial charge in [-0.15, -0.1) is 0 Å². The van der Waals surface area contributed by atoms with Gasteiger partial charge in [-0.05, 0) is 43.0 Å². The number of nitrogens with one attached hydrogen (secondary N) is 1. The molecule has 2 N–H and O–H groups in total. The number of aliphatic hydroxyl groups excluding tert-OH is 1. The van der Waals surface area contributed by atoms with Crippen LogP contribution in [0.2, 0.25) is 0 Å². The van der Waals surface area contributed by atoms with Crippen molar-refractivity contribution in [3.8, 4) is 0 Å². The molecule has 134 valence electrons. The molecule has 0 amide bonds. The Morgan fingerprint density at radius 3 is 1.96 bits per heavy atom. The van der Waals surface area contributed by atoms with Crippen LogP contribution >= 0.6 is 7.29 Å². The van der Waals surface area contributed by atoms with Crippen LogP contribution in [0.25, 0.3) is 0 Å². The summed E-state index contributed by atoms with van der Waals surface area (Å²) in [6.07, 6.45) is 5.48. The molecule has 0 unspecified atom stereocenters. The third-order valence-electron chi connectivity index (χ3n) is 3.98. The lowest BCUT2D eigenvalue weighted by molar-refractivity contribution is 0.302. The first-order chi connectivity index (χ1) is 12.1. The molecular formula is C21H28NO2P. The van der Waals surface area contributed by atoms with E-state index in [1.807, 2.05) is 72.8 Å². The SMILES string of the molecule is CC(C)C[C@@H](C=CCCO)NP(=O)(c1ccccc1)c1ccccc1. The minimum absolute atomic E-state index is 0.0159. The summed E-state index contributed by atoms with van der Waals surface area (Å²) in [6.45, 7) is 4.44. The summed E-state index contributed by atoms with van der Waals surface area (Å²) >= 11 is 0. The van der Waals surface area contributed by atoms with E-state index in [1.54, 1.807) is 0 Å². The molecule has 1 atom stereocenters. The van der Waals surface area contributed by atoms with Gasteiger partial charge in [-0.25, -0.2) is 0 Å². The van der Waals surface area contributed by atoms with Crippen LogP contribution in [0, 0.1) is 5.92 Å². The van der Waals surface area contributed by atoms with Crippen molar-refractivity contribution < 1.29 is 9.67 Å². The Morgan fingerprint density at radius 2 is 1.52 bits per heavy atom. The Balaban J connectivity index is 2.39. The van der Waals surface area contributed by atoms with Crippen molar-refractivity contribution in [2.75, 3.05) is 6.61 Å². The number of hydrogen-bond acceptors (Lipinski definition) is 2. The van der Waals surface area contributed by atoms with Crippen LogP contribution < -0.4 is 15.7 Å². The zero-order valence-electron chi connectivity index (χ0n) is 15.0. The van der Waals surface area contributed by atoms with Crippen LogP contribution in [-0.2, 0) is 4.57 Å². The van der Waals surface area contributed by atoms with Gasteiger partial charge in [-0.1, -0.05) is 62.4 Å². The fourth-order valence-corrected chi connectivity index (χ4v) is 5.26. The van der Waals surface area contributed by atoms with Gasteiger partial charge in [-0.3, -0.25) is 9.65 Å². The van der Waals surface area contributed by atoms with E-state index >= 15 is 0 Å². The van der Waals surface area contributed by atoms with Gasteiger partial charge >= 0.3 is 0 Å². The van der Waals surface area contributed by atoms with Gasteiger partial charge in [-0.2, -0.15) is 0 Å². The van der Waals surface area contributed by atoms with E-state index in [-0.39, 0.29) is 12.6 Å². The van der Waals surface area contributed by atoms with E-state index in [1.165, 1.54) is 0 Å². The fourth-order valence-electron chi connectivity index (χ4n) is 2.82. The molecule has 0 radical (unpaired) electrons. The summed E-state index contributed by atoms with van der Waals surface area (Å²) in [5.74, 6) is 0.469. The third-order valence-corrected chi connectivity index (χ3v) is 6.72. The van der Waals surface area contributed by atoms with Gasteiger partial charge in [0.1, 0.15) is 0 Å². The van der Waals surface area contributed by atoms with Crippen molar-refractivity contribution in [2.45, 2.75) is 32.7 Å². The molecule has 0 aliphatic heterocycles. The molecule has 0 saturated heterocycles. The van der Waals surface area contributed by atoms with Crippen molar-refractivity contribution in [2.24, 2.45) is 5.92 Å². The lowest BCUT2D eigenvalue weighted by Crippen LogP contribution is -2.35. The highest BCUT2D eigenvalue weighted by Crippen LogP contribution is 2.40. The molecular weight excluding hydrogens is 329 g/mol. The summed E-state index contributed by atoms with van der Waals surface area (Å²) in [4.78, 5) is 0. The van der Waals surface area contributed by atoms with Crippen LogP contribution in [0.4, 0.5) is 0 Å². The molecule has 0 bridgehead atoms. The van der Waals surface area contributed by atoms with Gasteiger partial charge < -0.3 is 5.11 Å². The molecule has 0 spiro atoms. The number of benzene rings is 2. The van der Waals surface area contributed by atoms with Crippen LogP contribution in [0.15, 0.2) is 72.8 Å². The number of aliphatic hydroxyl groups is 1. The maximum atomic E-state index is 14.0. The Hall–Kier alpha value is -1.67.